The van der Waals surface area contributed by atoms with Gasteiger partial charge in [0.15, 0.2) is 16.0 Å². The lowest BCUT2D eigenvalue weighted by atomic mass is 10.0. The topological polar surface area (TPSA) is 209 Å². The SMILES string of the molecule is CON=C(C(=O)N[C@@H]1C(=O)N2C(C(=O)O)=C(C(C)Sc3nnc(O)[nH]3)CS[C@@H]12)c1csc(N)n1. The van der Waals surface area contributed by atoms with Gasteiger partial charge in [-0.15, -0.1) is 28.2 Å². The van der Waals surface area contributed by atoms with E-state index >= 15 is 0 Å². The van der Waals surface area contributed by atoms with Crippen molar-refractivity contribution >= 4 is 63.5 Å². The Hall–Kier alpha value is -3.31. The number of nitrogens with two attached hydrogens (primary N) is 1. The molecular formula is C17H18N8O6S3. The number of nitrogen functional groups attached to an aromatic ring is 1. The van der Waals surface area contributed by atoms with Crippen LogP contribution in [0, 0.1) is 0 Å². The van der Waals surface area contributed by atoms with E-state index in [-0.39, 0.29) is 33.5 Å². The number of carbonyl (C=O) groups excluding carboxylic acids is 2. The van der Waals surface area contributed by atoms with Crippen LogP contribution in [-0.2, 0) is 19.2 Å². The van der Waals surface area contributed by atoms with E-state index in [1.165, 1.54) is 29.2 Å². The molecule has 4 heterocycles. The Bertz CT molecular complexity index is 1210. The molecule has 2 aliphatic rings. The third kappa shape index (κ3) is 4.40. The summed E-state index contributed by atoms with van der Waals surface area (Å²) >= 11 is 3.60. The fourth-order valence-corrected chi connectivity index (χ4v) is 6.42. The van der Waals surface area contributed by atoms with Crippen LogP contribution in [0.2, 0.25) is 0 Å². The summed E-state index contributed by atoms with van der Waals surface area (Å²) in [6, 6.07) is -1.31. The van der Waals surface area contributed by atoms with Gasteiger partial charge in [-0.05, 0) is 12.5 Å². The predicted molar refractivity (Wildman–Crippen MR) is 123 cm³/mol. The average Bonchev–Trinajstić information content (AvgIpc) is 3.41. The monoisotopic (exact) mass is 526 g/mol. The molecule has 1 saturated heterocycles. The van der Waals surface area contributed by atoms with E-state index in [0.29, 0.717) is 16.5 Å². The second kappa shape index (κ2) is 9.51. The predicted octanol–water partition coefficient (Wildman–Crippen LogP) is -0.181. The number of fused-ring (bicyclic) bond motifs is 1. The van der Waals surface area contributed by atoms with Crippen LogP contribution in [0.25, 0.3) is 0 Å². The van der Waals surface area contributed by atoms with Gasteiger partial charge in [-0.25, -0.2) is 9.78 Å². The minimum absolute atomic E-state index is 0.138. The van der Waals surface area contributed by atoms with Crippen molar-refractivity contribution in [1.82, 2.24) is 30.4 Å². The third-order valence-electron chi connectivity index (χ3n) is 4.88. The van der Waals surface area contributed by atoms with Gasteiger partial charge < -0.3 is 26.1 Å². The number of carbonyl (C=O) groups is 3. The quantitative estimate of drug-likeness (QED) is 0.131. The Morgan fingerprint density at radius 3 is 2.82 bits per heavy atom. The zero-order valence-corrected chi connectivity index (χ0v) is 20.0. The molecule has 0 saturated carbocycles. The van der Waals surface area contributed by atoms with Gasteiger partial charge in [-0.1, -0.05) is 22.0 Å². The number of nitrogens with zero attached hydrogens (tertiary/aromatic N) is 5. The largest absolute Gasteiger partial charge is 0.479 e. The number of H-pyrrole nitrogens is 1. The average molecular weight is 527 g/mol. The Morgan fingerprint density at radius 2 is 2.24 bits per heavy atom. The Morgan fingerprint density at radius 1 is 1.47 bits per heavy atom. The first-order valence-electron chi connectivity index (χ1n) is 9.54. The van der Waals surface area contributed by atoms with Gasteiger partial charge in [-0.2, -0.15) is 0 Å². The molecule has 4 rings (SSSR count). The number of rotatable bonds is 8. The molecule has 1 fully saturated rings. The molecule has 2 aromatic heterocycles. The number of thiazole rings is 1. The highest BCUT2D eigenvalue weighted by atomic mass is 32.2. The molecule has 6 N–H and O–H groups in total. The summed E-state index contributed by atoms with van der Waals surface area (Å²) in [5.74, 6) is -2.22. The highest BCUT2D eigenvalue weighted by Crippen LogP contribution is 2.43. The van der Waals surface area contributed by atoms with E-state index in [1.807, 2.05) is 0 Å². The number of carboxylic acid groups (broad SMARTS) is 1. The maximum absolute atomic E-state index is 12.9. The van der Waals surface area contributed by atoms with Crippen LogP contribution >= 0.6 is 34.9 Å². The molecule has 0 spiro atoms. The van der Waals surface area contributed by atoms with Crippen molar-refractivity contribution in [2.24, 2.45) is 5.16 Å². The van der Waals surface area contributed by atoms with Crippen LogP contribution in [0.1, 0.15) is 12.6 Å². The Labute approximate surface area is 204 Å². The van der Waals surface area contributed by atoms with E-state index in [2.05, 4.69) is 30.6 Å². The number of hydrogen-bond acceptors (Lipinski definition) is 13. The van der Waals surface area contributed by atoms with Crippen molar-refractivity contribution in [2.45, 2.75) is 28.7 Å². The summed E-state index contributed by atoms with van der Waals surface area (Å²) in [5.41, 5.74) is 6.03. The van der Waals surface area contributed by atoms with Crippen molar-refractivity contribution in [2.75, 3.05) is 18.6 Å². The van der Waals surface area contributed by atoms with Gasteiger partial charge in [0.1, 0.15) is 29.9 Å². The number of aromatic amines is 1. The molecule has 2 aromatic rings. The fraction of sp³-hybridized carbons (Fsp3) is 0.353. The molecule has 0 aliphatic carbocycles. The number of nitrogens with one attached hydrogen (secondary N) is 2. The summed E-state index contributed by atoms with van der Waals surface area (Å²) in [6.45, 7) is 1.76. The molecule has 2 amide bonds. The number of β-lactam (4-membered cyclic amide) rings is 1. The molecule has 0 aromatic carbocycles. The minimum Gasteiger partial charge on any atom is -0.479 e. The first-order chi connectivity index (χ1) is 16.2. The lowest BCUT2D eigenvalue weighted by Gasteiger charge is -2.49. The maximum Gasteiger partial charge on any atom is 0.352 e. The van der Waals surface area contributed by atoms with Crippen LogP contribution in [0.15, 0.2) is 27.0 Å². The van der Waals surface area contributed by atoms with E-state index in [1.54, 1.807) is 6.92 Å². The smallest absolute Gasteiger partial charge is 0.352 e. The van der Waals surface area contributed by atoms with Gasteiger partial charge >= 0.3 is 12.0 Å². The van der Waals surface area contributed by atoms with Gasteiger partial charge in [0, 0.05) is 16.4 Å². The Balaban J connectivity index is 1.52. The van der Waals surface area contributed by atoms with E-state index < -0.39 is 29.2 Å². The van der Waals surface area contributed by atoms with Gasteiger partial charge in [-0.3, -0.25) is 19.5 Å². The van der Waals surface area contributed by atoms with Crippen molar-refractivity contribution in [1.29, 1.82) is 0 Å². The van der Waals surface area contributed by atoms with Crippen LogP contribution in [0.4, 0.5) is 5.13 Å². The summed E-state index contributed by atoms with van der Waals surface area (Å²) < 4.78 is 0. The number of thioether (sulfide) groups is 2. The van der Waals surface area contributed by atoms with E-state index in [0.717, 1.165) is 23.1 Å². The van der Waals surface area contributed by atoms with Crippen molar-refractivity contribution in [3.8, 4) is 6.01 Å². The number of aromatic nitrogens is 4. The van der Waals surface area contributed by atoms with Crippen molar-refractivity contribution < 1.29 is 29.4 Å². The molecular weight excluding hydrogens is 508 g/mol. The number of anilines is 1. The first-order valence-corrected chi connectivity index (χ1v) is 12.3. The number of aromatic hydroxyl groups is 1. The van der Waals surface area contributed by atoms with Crippen LogP contribution in [0.3, 0.4) is 0 Å². The number of hydrogen-bond donors (Lipinski definition) is 5. The fourth-order valence-electron chi connectivity index (χ4n) is 3.39. The van der Waals surface area contributed by atoms with Crippen molar-refractivity contribution in [3.05, 3.63) is 22.3 Å². The molecule has 3 atom stereocenters. The molecule has 1 unspecified atom stereocenters. The Kier molecular flexibility index (Phi) is 6.67. The van der Waals surface area contributed by atoms with E-state index in [4.69, 9.17) is 10.6 Å². The van der Waals surface area contributed by atoms with Crippen LogP contribution < -0.4 is 11.1 Å². The molecule has 14 nitrogen and oxygen atoms in total. The molecule has 0 bridgehead atoms. The lowest BCUT2D eigenvalue weighted by Crippen LogP contribution is -2.71. The summed E-state index contributed by atoms with van der Waals surface area (Å²) in [7, 11) is 1.26. The van der Waals surface area contributed by atoms with E-state index in [9.17, 15) is 24.6 Å². The second-order valence-electron chi connectivity index (χ2n) is 6.95. The molecule has 180 valence electrons. The lowest BCUT2D eigenvalue weighted by molar-refractivity contribution is -0.150. The highest BCUT2D eigenvalue weighted by Gasteiger charge is 2.55. The summed E-state index contributed by atoms with van der Waals surface area (Å²) in [4.78, 5) is 50.3. The molecule has 17 heteroatoms. The van der Waals surface area contributed by atoms with Gasteiger partial charge in [0.2, 0.25) is 0 Å². The maximum atomic E-state index is 12.9. The molecule has 34 heavy (non-hydrogen) atoms. The number of carboxylic acids is 1. The number of aliphatic carboxylic acids is 1. The zero-order chi connectivity index (χ0) is 24.6. The van der Waals surface area contributed by atoms with Crippen LogP contribution in [0.5, 0.6) is 6.01 Å². The zero-order valence-electron chi connectivity index (χ0n) is 17.6. The van der Waals surface area contributed by atoms with Gasteiger partial charge in [0.25, 0.3) is 11.8 Å². The second-order valence-corrected chi connectivity index (χ2v) is 10.3. The van der Waals surface area contributed by atoms with Crippen LogP contribution in [-0.4, -0.2) is 88.3 Å². The number of amides is 2. The third-order valence-corrected chi connectivity index (χ3v) is 7.90. The first kappa shape index (κ1) is 23.8. The highest BCUT2D eigenvalue weighted by molar-refractivity contribution is 8.01. The minimum atomic E-state index is -1.26. The molecule has 2 aliphatic heterocycles. The standard InChI is InChI=1S/C17H18N8O6S3/c1-5(34-17-21-16(30)22-23-17)6-3-32-13-9(12(27)25(13)10(6)14(28)29)20-11(26)8(24-31-2)7-4-33-15(18)19-7/h4-5,9,13H,3H2,1-2H3,(H2,18,19)(H,20,26)(H,28,29)(H2,21,22,23,30)/t5?,9-,13+/m1/s1. The summed E-state index contributed by atoms with van der Waals surface area (Å²) in [5, 5.41) is 33.8. The normalized spacial score (nSPS) is 21.1. The van der Waals surface area contributed by atoms with Crippen molar-refractivity contribution in [3.63, 3.8) is 0 Å². The summed E-state index contributed by atoms with van der Waals surface area (Å²) in [6.07, 6.45) is 0. The molecule has 0 radical (unpaired) electrons. The number of oxime groups is 1. The van der Waals surface area contributed by atoms with Gasteiger partial charge in [0.05, 0.1) is 0 Å².